The maximum Gasteiger partial charge on any atom is 0.321 e. The summed E-state index contributed by atoms with van der Waals surface area (Å²) in [6, 6.07) is 7.73. The summed E-state index contributed by atoms with van der Waals surface area (Å²) in [6.45, 7) is 3.54. The van der Waals surface area contributed by atoms with Gasteiger partial charge in [-0.1, -0.05) is 31.2 Å². The molecule has 0 spiro atoms. The van der Waals surface area contributed by atoms with Gasteiger partial charge in [0.05, 0.1) is 0 Å². The van der Waals surface area contributed by atoms with E-state index in [9.17, 15) is 4.79 Å². The Morgan fingerprint density at radius 2 is 2.13 bits per heavy atom. The molecule has 3 nitrogen and oxygen atoms in total. The highest BCUT2D eigenvalue weighted by Gasteiger charge is 2.29. The van der Waals surface area contributed by atoms with Crippen molar-refractivity contribution in [1.29, 1.82) is 0 Å². The molecule has 2 rings (SSSR count). The van der Waals surface area contributed by atoms with E-state index in [-0.39, 0.29) is 6.04 Å². The summed E-state index contributed by atoms with van der Waals surface area (Å²) in [5, 5.41) is 9.12. The van der Waals surface area contributed by atoms with Gasteiger partial charge in [0, 0.05) is 6.54 Å². The van der Waals surface area contributed by atoms with E-state index in [1.54, 1.807) is 0 Å². The molecular formula is C12H15NO2. The number of fused-ring (bicyclic) bond motifs is 1. The average Bonchev–Trinajstić information content (AvgIpc) is 2.27. The lowest BCUT2D eigenvalue weighted by atomic mass is 9.94. The summed E-state index contributed by atoms with van der Waals surface area (Å²) >= 11 is 0. The fourth-order valence-electron chi connectivity index (χ4n) is 2.15. The Morgan fingerprint density at radius 3 is 2.73 bits per heavy atom. The fourth-order valence-corrected chi connectivity index (χ4v) is 2.15. The second-order valence-electron chi connectivity index (χ2n) is 3.89. The Labute approximate surface area is 89.3 Å². The molecule has 1 N–H and O–H groups in total. The zero-order valence-corrected chi connectivity index (χ0v) is 8.81. The van der Waals surface area contributed by atoms with Crippen molar-refractivity contribution in [1.82, 2.24) is 4.90 Å². The topological polar surface area (TPSA) is 40.5 Å². The molecule has 0 saturated carbocycles. The molecule has 1 atom stereocenters. The molecular weight excluding hydrogens is 190 g/mol. The third kappa shape index (κ3) is 1.88. The van der Waals surface area contributed by atoms with Gasteiger partial charge in [0.2, 0.25) is 0 Å². The molecule has 0 saturated heterocycles. The monoisotopic (exact) mass is 205 g/mol. The van der Waals surface area contributed by atoms with Crippen molar-refractivity contribution in [2.24, 2.45) is 0 Å². The maximum atomic E-state index is 11.1. The first-order valence-electron chi connectivity index (χ1n) is 5.26. The molecule has 1 aliphatic heterocycles. The first-order chi connectivity index (χ1) is 7.22. The first kappa shape index (κ1) is 10.2. The largest absolute Gasteiger partial charge is 0.480 e. The molecule has 80 valence electrons. The minimum atomic E-state index is -0.716. The molecule has 1 aromatic carbocycles. The number of benzene rings is 1. The lowest BCUT2D eigenvalue weighted by Gasteiger charge is -2.33. The number of carbonyl (C=O) groups is 1. The van der Waals surface area contributed by atoms with E-state index in [2.05, 4.69) is 6.07 Å². The lowest BCUT2D eigenvalue weighted by Crippen LogP contribution is -2.45. The van der Waals surface area contributed by atoms with Gasteiger partial charge < -0.3 is 5.11 Å². The van der Waals surface area contributed by atoms with Crippen molar-refractivity contribution in [3.63, 3.8) is 0 Å². The lowest BCUT2D eigenvalue weighted by molar-refractivity contribution is -0.143. The van der Waals surface area contributed by atoms with Crippen LogP contribution < -0.4 is 0 Å². The second kappa shape index (κ2) is 4.03. The van der Waals surface area contributed by atoms with E-state index in [0.717, 1.165) is 13.1 Å². The Hall–Kier alpha value is -1.35. The van der Waals surface area contributed by atoms with Gasteiger partial charge in [0.15, 0.2) is 0 Å². The van der Waals surface area contributed by atoms with Crippen LogP contribution in [-0.2, 0) is 17.8 Å². The summed E-state index contributed by atoms with van der Waals surface area (Å²) in [7, 11) is 0. The van der Waals surface area contributed by atoms with Gasteiger partial charge in [0.1, 0.15) is 6.04 Å². The van der Waals surface area contributed by atoms with Crippen LogP contribution in [0, 0.1) is 0 Å². The van der Waals surface area contributed by atoms with Crippen LogP contribution in [0.1, 0.15) is 18.1 Å². The number of hydrogen-bond acceptors (Lipinski definition) is 2. The van der Waals surface area contributed by atoms with Crippen LogP contribution >= 0.6 is 0 Å². The van der Waals surface area contributed by atoms with Crippen molar-refractivity contribution in [3.05, 3.63) is 35.4 Å². The zero-order chi connectivity index (χ0) is 10.8. The van der Waals surface area contributed by atoms with E-state index >= 15 is 0 Å². The molecule has 0 radical (unpaired) electrons. The van der Waals surface area contributed by atoms with Gasteiger partial charge in [-0.2, -0.15) is 0 Å². The van der Waals surface area contributed by atoms with Crippen LogP contribution in [0.5, 0.6) is 0 Å². The summed E-state index contributed by atoms with van der Waals surface area (Å²) in [6.07, 6.45) is 0.624. The van der Waals surface area contributed by atoms with Crippen molar-refractivity contribution < 1.29 is 9.90 Å². The number of rotatable bonds is 2. The number of carboxylic acid groups (broad SMARTS) is 1. The third-order valence-electron chi connectivity index (χ3n) is 3.04. The smallest absolute Gasteiger partial charge is 0.321 e. The molecule has 0 bridgehead atoms. The van der Waals surface area contributed by atoms with Gasteiger partial charge >= 0.3 is 5.97 Å². The highest BCUT2D eigenvalue weighted by atomic mass is 16.4. The van der Waals surface area contributed by atoms with Crippen LogP contribution in [0.2, 0.25) is 0 Å². The maximum absolute atomic E-state index is 11.1. The minimum absolute atomic E-state index is 0.357. The van der Waals surface area contributed by atoms with E-state index in [1.165, 1.54) is 11.1 Å². The Bertz CT molecular complexity index is 376. The van der Waals surface area contributed by atoms with Crippen molar-refractivity contribution in [2.75, 3.05) is 6.54 Å². The third-order valence-corrected chi connectivity index (χ3v) is 3.04. The van der Waals surface area contributed by atoms with Crippen molar-refractivity contribution >= 4 is 5.97 Å². The van der Waals surface area contributed by atoms with Gasteiger partial charge in [-0.05, 0) is 24.1 Å². The van der Waals surface area contributed by atoms with E-state index < -0.39 is 5.97 Å². The van der Waals surface area contributed by atoms with Crippen LogP contribution in [0.15, 0.2) is 24.3 Å². The molecule has 3 heteroatoms. The number of carboxylic acids is 1. The van der Waals surface area contributed by atoms with Crippen molar-refractivity contribution in [2.45, 2.75) is 25.9 Å². The van der Waals surface area contributed by atoms with Crippen LogP contribution in [0.25, 0.3) is 0 Å². The number of nitrogens with zero attached hydrogens (tertiary/aromatic N) is 1. The van der Waals surface area contributed by atoms with E-state index in [1.807, 2.05) is 30.0 Å². The molecule has 0 aromatic heterocycles. The predicted molar refractivity (Wildman–Crippen MR) is 57.7 cm³/mol. The highest BCUT2D eigenvalue weighted by Crippen LogP contribution is 2.22. The molecule has 0 amide bonds. The van der Waals surface area contributed by atoms with Crippen molar-refractivity contribution in [3.8, 4) is 0 Å². The molecule has 0 fully saturated rings. The Balaban J connectivity index is 2.30. The zero-order valence-electron chi connectivity index (χ0n) is 8.81. The predicted octanol–water partition coefficient (Wildman–Crippen LogP) is 1.52. The first-order valence-corrected chi connectivity index (χ1v) is 5.26. The SMILES string of the molecule is CCN1Cc2ccccc2CC1C(=O)O. The number of aliphatic carboxylic acids is 1. The minimum Gasteiger partial charge on any atom is -0.480 e. The van der Waals surface area contributed by atoms with Gasteiger partial charge in [-0.25, -0.2) is 0 Å². The summed E-state index contributed by atoms with van der Waals surface area (Å²) < 4.78 is 0. The quantitative estimate of drug-likeness (QED) is 0.795. The molecule has 1 aromatic rings. The number of hydrogen-bond donors (Lipinski definition) is 1. The fraction of sp³-hybridized carbons (Fsp3) is 0.417. The van der Waals surface area contributed by atoms with E-state index in [4.69, 9.17) is 5.11 Å². The molecule has 15 heavy (non-hydrogen) atoms. The standard InChI is InChI=1S/C12H15NO2/c1-2-13-8-10-6-4-3-5-9(10)7-11(13)12(14)15/h3-6,11H,2,7-8H2,1H3,(H,14,15). The summed E-state index contributed by atoms with van der Waals surface area (Å²) in [4.78, 5) is 13.1. The average molecular weight is 205 g/mol. The Kier molecular flexibility index (Phi) is 2.73. The van der Waals surface area contributed by atoms with Crippen LogP contribution in [0.4, 0.5) is 0 Å². The second-order valence-corrected chi connectivity index (χ2v) is 3.89. The summed E-state index contributed by atoms with van der Waals surface area (Å²) in [5.41, 5.74) is 2.44. The Morgan fingerprint density at radius 1 is 1.47 bits per heavy atom. The molecule has 1 aliphatic rings. The van der Waals surface area contributed by atoms with Gasteiger partial charge in [0.25, 0.3) is 0 Å². The summed E-state index contributed by atoms with van der Waals surface area (Å²) in [5.74, 6) is -0.716. The molecule has 1 heterocycles. The van der Waals surface area contributed by atoms with Gasteiger partial charge in [-0.3, -0.25) is 9.69 Å². The van der Waals surface area contributed by atoms with Crippen LogP contribution in [-0.4, -0.2) is 28.6 Å². The number of likely N-dealkylation sites (N-methyl/N-ethyl adjacent to an activating group) is 1. The van der Waals surface area contributed by atoms with Gasteiger partial charge in [-0.15, -0.1) is 0 Å². The molecule has 0 aliphatic carbocycles. The molecule has 1 unspecified atom stereocenters. The van der Waals surface area contributed by atoms with Crippen LogP contribution in [0.3, 0.4) is 0 Å². The van der Waals surface area contributed by atoms with E-state index in [0.29, 0.717) is 6.42 Å². The highest BCUT2D eigenvalue weighted by molar-refractivity contribution is 5.74. The normalized spacial score (nSPS) is 21.0.